The van der Waals surface area contributed by atoms with Crippen molar-refractivity contribution in [1.29, 1.82) is 0 Å². The van der Waals surface area contributed by atoms with Crippen molar-refractivity contribution in [2.75, 3.05) is 12.9 Å². The van der Waals surface area contributed by atoms with Crippen LogP contribution in [0.2, 0.25) is 5.02 Å². The lowest BCUT2D eigenvalue weighted by atomic mass is 10.1. The summed E-state index contributed by atoms with van der Waals surface area (Å²) in [5.41, 5.74) is 1.93. The Morgan fingerprint density at radius 3 is 2.42 bits per heavy atom. The van der Waals surface area contributed by atoms with E-state index in [9.17, 15) is 9.59 Å². The summed E-state index contributed by atoms with van der Waals surface area (Å²) in [7, 11) is 1.61. The van der Waals surface area contributed by atoms with Crippen LogP contribution in [-0.4, -0.2) is 41.7 Å². The van der Waals surface area contributed by atoms with Crippen molar-refractivity contribution < 1.29 is 14.3 Å². The predicted molar refractivity (Wildman–Crippen MR) is 129 cm³/mol. The van der Waals surface area contributed by atoms with Gasteiger partial charge in [0.25, 0.3) is 0 Å². The van der Waals surface area contributed by atoms with Crippen LogP contribution in [0.4, 0.5) is 0 Å². The van der Waals surface area contributed by atoms with E-state index in [0.717, 1.165) is 23.3 Å². The molecule has 31 heavy (non-hydrogen) atoms. The summed E-state index contributed by atoms with van der Waals surface area (Å²) in [6.07, 6.45) is 0.832. The molecule has 2 atom stereocenters. The summed E-state index contributed by atoms with van der Waals surface area (Å²) in [6, 6.07) is 14.6. The van der Waals surface area contributed by atoms with Crippen molar-refractivity contribution in [2.24, 2.45) is 0 Å². The van der Waals surface area contributed by atoms with Crippen LogP contribution in [0.5, 0.6) is 5.75 Å². The molecular weight excluding hydrogens is 432 g/mol. The first-order chi connectivity index (χ1) is 14.8. The Labute approximate surface area is 194 Å². The van der Waals surface area contributed by atoms with Gasteiger partial charge in [-0.15, -0.1) is 11.8 Å². The number of halogens is 1. The van der Waals surface area contributed by atoms with Crippen LogP contribution < -0.4 is 10.1 Å². The van der Waals surface area contributed by atoms with Crippen molar-refractivity contribution in [3.8, 4) is 5.75 Å². The highest BCUT2D eigenvalue weighted by Crippen LogP contribution is 2.22. The van der Waals surface area contributed by atoms with Crippen LogP contribution in [0.15, 0.2) is 48.5 Å². The molecule has 7 heteroatoms. The quantitative estimate of drug-likeness (QED) is 0.515. The maximum absolute atomic E-state index is 13.1. The van der Waals surface area contributed by atoms with E-state index in [2.05, 4.69) is 5.32 Å². The number of thioether (sulfide) groups is 1. The number of benzene rings is 2. The van der Waals surface area contributed by atoms with Crippen molar-refractivity contribution >= 4 is 35.2 Å². The number of ether oxygens (including phenoxy) is 1. The van der Waals surface area contributed by atoms with Crippen LogP contribution >= 0.6 is 23.4 Å². The second kappa shape index (κ2) is 12.6. The Morgan fingerprint density at radius 1 is 1.13 bits per heavy atom. The summed E-state index contributed by atoms with van der Waals surface area (Å²) < 4.78 is 5.21. The molecule has 2 amide bonds. The molecule has 0 radical (unpaired) electrons. The first kappa shape index (κ1) is 25.1. The lowest BCUT2D eigenvalue weighted by Gasteiger charge is -2.29. The van der Waals surface area contributed by atoms with Gasteiger partial charge in [-0.25, -0.2) is 0 Å². The van der Waals surface area contributed by atoms with Gasteiger partial charge in [-0.1, -0.05) is 48.9 Å². The van der Waals surface area contributed by atoms with Crippen LogP contribution in [0, 0.1) is 0 Å². The van der Waals surface area contributed by atoms with Crippen LogP contribution in [0.1, 0.15) is 38.3 Å². The molecule has 2 aromatic rings. The summed E-state index contributed by atoms with van der Waals surface area (Å²) in [5, 5.41) is 3.67. The van der Waals surface area contributed by atoms with Gasteiger partial charge in [-0.05, 0) is 49.6 Å². The molecule has 1 N–H and O–H groups in total. The van der Waals surface area contributed by atoms with Crippen molar-refractivity contribution in [3.05, 3.63) is 64.7 Å². The zero-order chi connectivity index (χ0) is 22.8. The van der Waals surface area contributed by atoms with Gasteiger partial charge in [0, 0.05) is 23.4 Å². The monoisotopic (exact) mass is 462 g/mol. The van der Waals surface area contributed by atoms with E-state index in [1.165, 1.54) is 11.8 Å². The summed E-state index contributed by atoms with van der Waals surface area (Å²) >= 11 is 7.71. The van der Waals surface area contributed by atoms with Gasteiger partial charge in [-0.3, -0.25) is 9.59 Å². The highest BCUT2D eigenvalue weighted by molar-refractivity contribution is 7.99. The highest BCUT2D eigenvalue weighted by atomic mass is 35.5. The van der Waals surface area contributed by atoms with E-state index < -0.39 is 6.04 Å². The third-order valence-electron chi connectivity index (χ3n) is 5.12. The highest BCUT2D eigenvalue weighted by Gasteiger charge is 2.26. The second-order valence-electron chi connectivity index (χ2n) is 7.45. The molecule has 0 saturated heterocycles. The Hall–Kier alpha value is -2.18. The molecule has 0 bridgehead atoms. The van der Waals surface area contributed by atoms with E-state index >= 15 is 0 Å². The molecule has 0 aromatic heterocycles. The van der Waals surface area contributed by atoms with Crippen LogP contribution in [0.25, 0.3) is 0 Å². The van der Waals surface area contributed by atoms with Gasteiger partial charge in [-0.2, -0.15) is 0 Å². The van der Waals surface area contributed by atoms with Crippen molar-refractivity contribution in [1.82, 2.24) is 10.2 Å². The SMILES string of the molecule is CC[C@H](C)NC(=O)[C@@H](C)N(Cc1ccc(OC)cc1)C(=O)CSCc1ccccc1Cl. The molecule has 0 fully saturated rings. The van der Waals surface area contributed by atoms with Crippen LogP contribution in [-0.2, 0) is 21.9 Å². The zero-order valence-electron chi connectivity index (χ0n) is 18.6. The van der Waals surface area contributed by atoms with E-state index in [-0.39, 0.29) is 23.6 Å². The Kier molecular flexibility index (Phi) is 10.2. The minimum absolute atomic E-state index is 0.0579. The maximum Gasteiger partial charge on any atom is 0.242 e. The molecule has 0 aliphatic heterocycles. The van der Waals surface area contributed by atoms with E-state index in [0.29, 0.717) is 17.3 Å². The molecule has 5 nitrogen and oxygen atoms in total. The number of carbonyl (C=O) groups is 2. The molecular formula is C24H31ClN2O3S. The number of methoxy groups -OCH3 is 1. The molecule has 168 valence electrons. The molecule has 0 aliphatic rings. The number of amides is 2. The Balaban J connectivity index is 2.09. The summed E-state index contributed by atoms with van der Waals surface area (Å²) in [5.74, 6) is 1.42. The van der Waals surface area contributed by atoms with Crippen molar-refractivity contribution in [2.45, 2.75) is 51.6 Å². The number of rotatable bonds is 11. The van der Waals surface area contributed by atoms with Crippen LogP contribution in [0.3, 0.4) is 0 Å². The predicted octanol–water partition coefficient (Wildman–Crippen LogP) is 4.91. The third-order valence-corrected chi connectivity index (χ3v) is 6.46. The summed E-state index contributed by atoms with van der Waals surface area (Å²) in [6.45, 7) is 6.10. The van der Waals surface area contributed by atoms with Gasteiger partial charge in [0.1, 0.15) is 11.8 Å². The summed E-state index contributed by atoms with van der Waals surface area (Å²) in [4.78, 5) is 27.5. The zero-order valence-corrected chi connectivity index (χ0v) is 20.1. The first-order valence-electron chi connectivity index (χ1n) is 10.4. The number of hydrogen-bond donors (Lipinski definition) is 1. The largest absolute Gasteiger partial charge is 0.497 e. The smallest absolute Gasteiger partial charge is 0.242 e. The van der Waals surface area contributed by atoms with E-state index in [1.807, 2.05) is 62.4 Å². The lowest BCUT2D eigenvalue weighted by molar-refractivity contribution is -0.138. The normalized spacial score (nSPS) is 12.7. The minimum Gasteiger partial charge on any atom is -0.497 e. The standard InChI is InChI=1S/C24H31ClN2O3S/c1-5-17(2)26-24(29)18(3)27(14-19-10-12-21(30-4)13-11-19)23(28)16-31-15-20-8-6-7-9-22(20)25/h6-13,17-18H,5,14-16H2,1-4H3,(H,26,29)/t17-,18+/m0/s1. The molecule has 0 heterocycles. The van der Waals surface area contributed by atoms with Gasteiger partial charge in [0.05, 0.1) is 12.9 Å². The third kappa shape index (κ3) is 7.78. The molecule has 0 unspecified atom stereocenters. The van der Waals surface area contributed by atoms with Gasteiger partial charge < -0.3 is 15.0 Å². The number of nitrogens with one attached hydrogen (secondary N) is 1. The lowest BCUT2D eigenvalue weighted by Crippen LogP contribution is -2.50. The van der Waals surface area contributed by atoms with Crippen molar-refractivity contribution in [3.63, 3.8) is 0 Å². The minimum atomic E-state index is -0.579. The van der Waals surface area contributed by atoms with E-state index in [1.54, 1.807) is 18.9 Å². The fraction of sp³-hybridized carbons (Fsp3) is 0.417. The molecule has 2 rings (SSSR count). The Morgan fingerprint density at radius 2 is 1.81 bits per heavy atom. The average Bonchev–Trinajstić information content (AvgIpc) is 2.78. The fourth-order valence-electron chi connectivity index (χ4n) is 2.92. The second-order valence-corrected chi connectivity index (χ2v) is 8.84. The number of nitrogens with zero attached hydrogens (tertiary/aromatic N) is 1. The topological polar surface area (TPSA) is 58.6 Å². The number of hydrogen-bond acceptors (Lipinski definition) is 4. The maximum atomic E-state index is 13.1. The molecule has 2 aromatic carbocycles. The Bertz CT molecular complexity index is 860. The van der Waals surface area contributed by atoms with Gasteiger partial charge in [0.15, 0.2) is 0 Å². The van der Waals surface area contributed by atoms with Gasteiger partial charge in [0.2, 0.25) is 11.8 Å². The molecule has 0 aliphatic carbocycles. The van der Waals surface area contributed by atoms with Gasteiger partial charge >= 0.3 is 0 Å². The average molecular weight is 463 g/mol. The molecule has 0 saturated carbocycles. The fourth-order valence-corrected chi connectivity index (χ4v) is 4.12. The number of carbonyl (C=O) groups excluding carboxylic acids is 2. The van der Waals surface area contributed by atoms with E-state index in [4.69, 9.17) is 16.3 Å². The molecule has 0 spiro atoms. The first-order valence-corrected chi connectivity index (χ1v) is 11.9.